The number of aryl methyl sites for hydroxylation is 4. The number of nitrogens with one attached hydrogen (secondary N) is 2. The fraction of sp³-hybridized carbons (Fsp3) is 0.450. The average molecular weight is 390 g/mol. The molecule has 1 aromatic carbocycles. The molecule has 1 aliphatic rings. The van der Waals surface area contributed by atoms with Crippen molar-refractivity contribution in [3.63, 3.8) is 0 Å². The van der Waals surface area contributed by atoms with Gasteiger partial charge < -0.3 is 9.88 Å². The normalized spacial score (nSPS) is 15.0. The first-order valence-corrected chi connectivity index (χ1v) is 10.8. The smallest absolute Gasteiger partial charge is 0.264 e. The van der Waals surface area contributed by atoms with E-state index in [9.17, 15) is 13.2 Å². The van der Waals surface area contributed by atoms with Gasteiger partial charge in [-0.25, -0.2) is 8.42 Å². The molecule has 0 radical (unpaired) electrons. The molecule has 146 valence electrons. The van der Waals surface area contributed by atoms with Crippen LogP contribution in [0.4, 0.5) is 5.69 Å². The quantitative estimate of drug-likeness (QED) is 0.837. The Morgan fingerprint density at radius 2 is 1.59 bits per heavy atom. The SMILES string of the molecule is Cc1cccc(C)c1NS(=O)(=O)c1c(C)[nH]c(C)c1C(=O)N1CCCCC1. The summed E-state index contributed by atoms with van der Waals surface area (Å²) in [5, 5.41) is 0. The van der Waals surface area contributed by atoms with Crippen LogP contribution in [0.15, 0.2) is 23.1 Å². The molecular weight excluding hydrogens is 362 g/mol. The molecule has 0 atom stereocenters. The van der Waals surface area contributed by atoms with E-state index in [0.29, 0.717) is 30.2 Å². The second kappa shape index (κ2) is 7.38. The number of H-pyrrole nitrogens is 1. The number of rotatable bonds is 4. The van der Waals surface area contributed by atoms with Gasteiger partial charge in [0, 0.05) is 24.5 Å². The lowest BCUT2D eigenvalue weighted by atomic mass is 10.1. The molecule has 1 aliphatic heterocycles. The molecule has 6 nitrogen and oxygen atoms in total. The van der Waals surface area contributed by atoms with Gasteiger partial charge in [0.05, 0.1) is 11.3 Å². The molecule has 1 aromatic heterocycles. The van der Waals surface area contributed by atoms with Crippen LogP contribution in [-0.4, -0.2) is 37.3 Å². The standard InChI is InChI=1S/C20H27N3O3S/c1-13-9-8-10-14(2)18(13)22-27(25,26)19-16(4)21-15(3)17(19)20(24)23-11-6-5-7-12-23/h8-10,21-22H,5-7,11-12H2,1-4H3. The van der Waals surface area contributed by atoms with Crippen LogP contribution in [0.2, 0.25) is 0 Å². The molecule has 2 aromatic rings. The third-order valence-electron chi connectivity index (χ3n) is 5.16. The summed E-state index contributed by atoms with van der Waals surface area (Å²) in [7, 11) is -3.91. The van der Waals surface area contributed by atoms with Gasteiger partial charge in [0.15, 0.2) is 0 Å². The van der Waals surface area contributed by atoms with E-state index in [1.807, 2.05) is 32.0 Å². The summed E-state index contributed by atoms with van der Waals surface area (Å²) in [6.07, 6.45) is 3.02. The van der Waals surface area contributed by atoms with Gasteiger partial charge in [-0.05, 0) is 58.1 Å². The van der Waals surface area contributed by atoms with E-state index in [0.717, 1.165) is 30.4 Å². The van der Waals surface area contributed by atoms with Crippen molar-refractivity contribution < 1.29 is 13.2 Å². The van der Waals surface area contributed by atoms with Gasteiger partial charge in [-0.15, -0.1) is 0 Å². The minimum absolute atomic E-state index is 0.0539. The Hall–Kier alpha value is -2.28. The van der Waals surface area contributed by atoms with Gasteiger partial charge >= 0.3 is 0 Å². The number of hydrogen-bond acceptors (Lipinski definition) is 3. The minimum atomic E-state index is -3.91. The van der Waals surface area contributed by atoms with E-state index in [1.54, 1.807) is 18.7 Å². The molecular formula is C20H27N3O3S. The summed E-state index contributed by atoms with van der Waals surface area (Å²) < 4.78 is 29.2. The summed E-state index contributed by atoms with van der Waals surface area (Å²) in [4.78, 5) is 18.0. The van der Waals surface area contributed by atoms with Crippen molar-refractivity contribution in [3.05, 3.63) is 46.3 Å². The molecule has 0 unspecified atom stereocenters. The van der Waals surface area contributed by atoms with E-state index in [4.69, 9.17) is 0 Å². The number of hydrogen-bond donors (Lipinski definition) is 2. The number of amides is 1. The van der Waals surface area contributed by atoms with Crippen LogP contribution in [0, 0.1) is 27.7 Å². The van der Waals surface area contributed by atoms with Gasteiger partial charge in [-0.3, -0.25) is 9.52 Å². The largest absolute Gasteiger partial charge is 0.361 e. The lowest BCUT2D eigenvalue weighted by Crippen LogP contribution is -2.36. The number of carbonyl (C=O) groups excluding carboxylic acids is 1. The van der Waals surface area contributed by atoms with Gasteiger partial charge in [0.2, 0.25) is 0 Å². The van der Waals surface area contributed by atoms with Crippen LogP contribution in [-0.2, 0) is 10.0 Å². The summed E-state index contributed by atoms with van der Waals surface area (Å²) in [6, 6.07) is 5.61. The van der Waals surface area contributed by atoms with Gasteiger partial charge in [0.1, 0.15) is 4.90 Å². The van der Waals surface area contributed by atoms with Gasteiger partial charge in [-0.2, -0.15) is 0 Å². The van der Waals surface area contributed by atoms with Crippen LogP contribution in [0.1, 0.15) is 52.1 Å². The lowest BCUT2D eigenvalue weighted by molar-refractivity contribution is 0.0720. The molecule has 7 heteroatoms. The highest BCUT2D eigenvalue weighted by molar-refractivity contribution is 7.92. The highest BCUT2D eigenvalue weighted by Gasteiger charge is 2.32. The number of likely N-dealkylation sites (tertiary alicyclic amines) is 1. The van der Waals surface area contributed by atoms with Crippen molar-refractivity contribution in [2.45, 2.75) is 51.9 Å². The fourth-order valence-corrected chi connectivity index (χ4v) is 5.42. The molecule has 0 bridgehead atoms. The topological polar surface area (TPSA) is 82.3 Å². The van der Waals surface area contributed by atoms with Crippen LogP contribution in [0.3, 0.4) is 0 Å². The summed E-state index contributed by atoms with van der Waals surface area (Å²) in [5.74, 6) is -0.210. The molecule has 1 amide bonds. The highest BCUT2D eigenvalue weighted by Crippen LogP contribution is 2.30. The van der Waals surface area contributed by atoms with Crippen LogP contribution < -0.4 is 4.72 Å². The molecule has 0 spiro atoms. The highest BCUT2D eigenvalue weighted by atomic mass is 32.2. The Bertz CT molecular complexity index is 950. The van der Waals surface area contributed by atoms with Crippen molar-refractivity contribution in [1.82, 2.24) is 9.88 Å². The van der Waals surface area contributed by atoms with Crippen molar-refractivity contribution in [3.8, 4) is 0 Å². The maximum atomic E-state index is 13.2. The number of anilines is 1. The molecule has 3 rings (SSSR count). The molecule has 0 aliphatic carbocycles. The Balaban J connectivity index is 2.04. The van der Waals surface area contributed by atoms with Crippen LogP contribution in [0.25, 0.3) is 0 Å². The van der Waals surface area contributed by atoms with E-state index in [-0.39, 0.29) is 16.4 Å². The fourth-order valence-electron chi connectivity index (χ4n) is 3.77. The predicted octanol–water partition coefficient (Wildman–Crippen LogP) is 3.68. The Morgan fingerprint density at radius 3 is 2.19 bits per heavy atom. The zero-order valence-corrected chi connectivity index (χ0v) is 17.2. The van der Waals surface area contributed by atoms with Crippen LogP contribution >= 0.6 is 0 Å². The van der Waals surface area contributed by atoms with E-state index < -0.39 is 10.0 Å². The average Bonchev–Trinajstić information content (AvgIpc) is 2.93. The lowest BCUT2D eigenvalue weighted by Gasteiger charge is -2.27. The summed E-state index contributed by atoms with van der Waals surface area (Å²) in [5.41, 5.74) is 3.57. The molecule has 0 saturated carbocycles. The Kier molecular flexibility index (Phi) is 5.33. The second-order valence-corrected chi connectivity index (χ2v) is 8.92. The number of carbonyl (C=O) groups is 1. The zero-order valence-electron chi connectivity index (χ0n) is 16.3. The number of piperidine rings is 1. The van der Waals surface area contributed by atoms with Crippen molar-refractivity contribution in [1.29, 1.82) is 0 Å². The van der Waals surface area contributed by atoms with E-state index >= 15 is 0 Å². The first-order chi connectivity index (χ1) is 12.7. The molecule has 1 saturated heterocycles. The first-order valence-electron chi connectivity index (χ1n) is 9.30. The number of aromatic amines is 1. The van der Waals surface area contributed by atoms with Crippen molar-refractivity contribution in [2.24, 2.45) is 0 Å². The summed E-state index contributed by atoms with van der Waals surface area (Å²) in [6.45, 7) is 8.51. The van der Waals surface area contributed by atoms with Gasteiger partial charge in [-0.1, -0.05) is 18.2 Å². The number of sulfonamides is 1. The third-order valence-corrected chi connectivity index (χ3v) is 6.68. The van der Waals surface area contributed by atoms with Crippen molar-refractivity contribution >= 4 is 21.6 Å². The van der Waals surface area contributed by atoms with E-state index in [2.05, 4.69) is 9.71 Å². The van der Waals surface area contributed by atoms with Gasteiger partial charge in [0.25, 0.3) is 15.9 Å². The molecule has 1 fully saturated rings. The second-order valence-electron chi connectivity index (χ2n) is 7.30. The number of nitrogens with zero attached hydrogens (tertiary/aromatic N) is 1. The van der Waals surface area contributed by atoms with Crippen LogP contribution in [0.5, 0.6) is 0 Å². The molecule has 27 heavy (non-hydrogen) atoms. The predicted molar refractivity (Wildman–Crippen MR) is 107 cm³/mol. The maximum Gasteiger partial charge on any atom is 0.264 e. The summed E-state index contributed by atoms with van der Waals surface area (Å²) >= 11 is 0. The monoisotopic (exact) mass is 389 g/mol. The first kappa shape index (κ1) is 19.5. The molecule has 2 N–H and O–H groups in total. The van der Waals surface area contributed by atoms with Crippen molar-refractivity contribution in [2.75, 3.05) is 17.8 Å². The Labute approximate surface area is 161 Å². The molecule has 2 heterocycles. The van der Waals surface area contributed by atoms with E-state index in [1.165, 1.54) is 0 Å². The number of benzene rings is 1. The number of aromatic nitrogens is 1. The maximum absolute atomic E-state index is 13.2. The Morgan fingerprint density at radius 1 is 1.00 bits per heavy atom. The number of para-hydroxylation sites is 1. The zero-order chi connectivity index (χ0) is 19.8. The minimum Gasteiger partial charge on any atom is -0.361 e. The third kappa shape index (κ3) is 3.74.